The van der Waals surface area contributed by atoms with E-state index in [9.17, 15) is 17.6 Å². The maximum absolute atomic E-state index is 14.6. The van der Waals surface area contributed by atoms with Crippen LogP contribution in [0, 0.1) is 5.82 Å². The van der Waals surface area contributed by atoms with Gasteiger partial charge in [-0.25, -0.2) is 17.8 Å². The first kappa shape index (κ1) is 22.4. The van der Waals surface area contributed by atoms with Gasteiger partial charge in [-0.05, 0) is 42.5 Å². The number of fused-ring (bicyclic) bond motifs is 1. The van der Waals surface area contributed by atoms with E-state index in [0.29, 0.717) is 24.7 Å². The number of nitrogens with one attached hydrogen (secondary N) is 2. The molecule has 0 saturated heterocycles. The Hall–Kier alpha value is -4.38. The fraction of sp³-hybridized carbons (Fsp3) is 0.0833. The number of hydrogen-bond acceptors (Lipinski definition) is 6. The Morgan fingerprint density at radius 3 is 2.57 bits per heavy atom. The van der Waals surface area contributed by atoms with Crippen LogP contribution in [0.3, 0.4) is 0 Å². The lowest BCUT2D eigenvalue weighted by molar-refractivity contribution is 0.102. The molecule has 3 aromatic carbocycles. The van der Waals surface area contributed by atoms with Crippen LogP contribution in [-0.4, -0.2) is 37.1 Å². The second kappa shape index (κ2) is 9.11. The number of amides is 1. The van der Waals surface area contributed by atoms with Crippen molar-refractivity contribution in [1.82, 2.24) is 9.55 Å². The molecule has 5 rings (SSSR count). The molecular formula is C24H19FN4O5S. The number of hydrogen-bond donors (Lipinski definition) is 2. The van der Waals surface area contributed by atoms with Crippen molar-refractivity contribution < 1.29 is 27.1 Å². The summed E-state index contributed by atoms with van der Waals surface area (Å²) in [6.45, 7) is 0.701. The molecule has 2 N–H and O–H groups in total. The van der Waals surface area contributed by atoms with Crippen molar-refractivity contribution in [1.29, 1.82) is 0 Å². The SMILES string of the molecule is O=C(Nc1ccc(-n2ccnc2)c(F)c1)c1ccccc1NS(=O)(=O)c1ccc2c(c1)OCCO2. The molecule has 0 saturated carbocycles. The Kier molecular flexibility index (Phi) is 5.83. The predicted octanol–water partition coefficient (Wildman–Crippen LogP) is 3.84. The van der Waals surface area contributed by atoms with Gasteiger partial charge in [0.15, 0.2) is 11.5 Å². The molecule has 9 nitrogen and oxygen atoms in total. The summed E-state index contributed by atoms with van der Waals surface area (Å²) in [5.41, 5.74) is 0.608. The Morgan fingerprint density at radius 2 is 1.80 bits per heavy atom. The molecule has 11 heteroatoms. The van der Waals surface area contributed by atoms with Crippen LogP contribution in [0.5, 0.6) is 11.5 Å². The van der Waals surface area contributed by atoms with Crippen LogP contribution in [-0.2, 0) is 10.0 Å². The zero-order valence-electron chi connectivity index (χ0n) is 18.1. The lowest BCUT2D eigenvalue weighted by Crippen LogP contribution is -2.19. The monoisotopic (exact) mass is 494 g/mol. The van der Waals surface area contributed by atoms with E-state index in [1.54, 1.807) is 18.3 Å². The molecule has 2 heterocycles. The summed E-state index contributed by atoms with van der Waals surface area (Å²) in [5.74, 6) is -0.388. The molecule has 0 aliphatic carbocycles. The van der Waals surface area contributed by atoms with Gasteiger partial charge in [-0.3, -0.25) is 9.52 Å². The van der Waals surface area contributed by atoms with Crippen LogP contribution in [0.4, 0.5) is 15.8 Å². The molecule has 1 amide bonds. The Morgan fingerprint density at radius 1 is 1.00 bits per heavy atom. The fourth-order valence-corrected chi connectivity index (χ4v) is 4.65. The third kappa shape index (κ3) is 4.66. The number of carbonyl (C=O) groups is 1. The topological polar surface area (TPSA) is 112 Å². The van der Waals surface area contributed by atoms with Crippen LogP contribution >= 0.6 is 0 Å². The molecular weight excluding hydrogens is 475 g/mol. The summed E-state index contributed by atoms with van der Waals surface area (Å²) >= 11 is 0. The minimum Gasteiger partial charge on any atom is -0.486 e. The molecule has 0 atom stereocenters. The maximum atomic E-state index is 14.6. The second-order valence-electron chi connectivity index (χ2n) is 7.55. The van der Waals surface area contributed by atoms with Gasteiger partial charge in [0.1, 0.15) is 19.0 Å². The highest BCUT2D eigenvalue weighted by atomic mass is 32.2. The van der Waals surface area contributed by atoms with Crippen LogP contribution in [0.15, 0.2) is 84.3 Å². The van der Waals surface area contributed by atoms with Gasteiger partial charge < -0.3 is 19.4 Å². The van der Waals surface area contributed by atoms with Gasteiger partial charge in [0.25, 0.3) is 15.9 Å². The molecule has 178 valence electrons. The van der Waals surface area contributed by atoms with E-state index >= 15 is 0 Å². The van der Waals surface area contributed by atoms with Crippen molar-refractivity contribution in [2.24, 2.45) is 0 Å². The number of rotatable bonds is 6. The van der Waals surface area contributed by atoms with E-state index in [1.165, 1.54) is 65.6 Å². The van der Waals surface area contributed by atoms with Crippen LogP contribution < -0.4 is 19.5 Å². The minimum atomic E-state index is -4.05. The van der Waals surface area contributed by atoms with Crippen molar-refractivity contribution in [3.63, 3.8) is 0 Å². The Balaban J connectivity index is 1.37. The number of sulfonamides is 1. The summed E-state index contributed by atoms with van der Waals surface area (Å²) in [6, 6.07) is 14.6. The smallest absolute Gasteiger partial charge is 0.262 e. The molecule has 0 radical (unpaired) electrons. The first-order chi connectivity index (χ1) is 16.9. The van der Waals surface area contributed by atoms with Crippen LogP contribution in [0.2, 0.25) is 0 Å². The highest BCUT2D eigenvalue weighted by Crippen LogP contribution is 2.33. The van der Waals surface area contributed by atoms with Gasteiger partial charge in [-0.2, -0.15) is 0 Å². The first-order valence-electron chi connectivity index (χ1n) is 10.5. The second-order valence-corrected chi connectivity index (χ2v) is 9.23. The largest absolute Gasteiger partial charge is 0.486 e. The number of ether oxygens (including phenoxy) is 2. The number of benzene rings is 3. The average Bonchev–Trinajstić information content (AvgIpc) is 3.38. The van der Waals surface area contributed by atoms with Gasteiger partial charge in [0.05, 0.1) is 28.2 Å². The van der Waals surface area contributed by atoms with Gasteiger partial charge in [-0.15, -0.1) is 0 Å². The lowest BCUT2D eigenvalue weighted by Gasteiger charge is -2.19. The van der Waals surface area contributed by atoms with E-state index in [0.717, 1.165) is 0 Å². The summed E-state index contributed by atoms with van der Waals surface area (Å²) in [6.07, 6.45) is 4.58. The Bertz CT molecular complexity index is 1510. The zero-order valence-corrected chi connectivity index (χ0v) is 19.0. The molecule has 4 aromatic rings. The first-order valence-corrected chi connectivity index (χ1v) is 12.0. The van der Waals surface area contributed by atoms with Crippen molar-refractivity contribution in [2.45, 2.75) is 4.90 Å². The summed E-state index contributed by atoms with van der Waals surface area (Å²) in [4.78, 5) is 16.8. The fourth-order valence-electron chi connectivity index (χ4n) is 3.56. The standard InChI is InChI=1S/C24H19FN4O5S/c25-19-13-16(5-7-21(19)29-10-9-26-15-29)27-24(30)18-3-1-2-4-20(18)28-35(31,32)17-6-8-22-23(14-17)34-12-11-33-22/h1-10,13-15,28H,11-12H2,(H,27,30). The summed E-state index contributed by atoms with van der Waals surface area (Å²) in [7, 11) is -4.05. The normalized spacial score (nSPS) is 12.7. The lowest BCUT2D eigenvalue weighted by atomic mass is 10.1. The molecule has 0 unspecified atom stereocenters. The summed E-state index contributed by atoms with van der Waals surface area (Å²) in [5, 5.41) is 2.60. The van der Waals surface area contributed by atoms with E-state index in [4.69, 9.17) is 9.47 Å². The quantitative estimate of drug-likeness (QED) is 0.421. The predicted molar refractivity (Wildman–Crippen MR) is 126 cm³/mol. The molecule has 0 spiro atoms. The number of imidazole rings is 1. The minimum absolute atomic E-state index is 0.0471. The highest BCUT2D eigenvalue weighted by Gasteiger charge is 2.22. The van der Waals surface area contributed by atoms with E-state index < -0.39 is 21.7 Å². The van der Waals surface area contributed by atoms with Crippen LogP contribution in [0.1, 0.15) is 10.4 Å². The third-order valence-corrected chi connectivity index (χ3v) is 6.59. The number of carbonyl (C=O) groups excluding carboxylic acids is 1. The van der Waals surface area contributed by atoms with Gasteiger partial charge in [0.2, 0.25) is 0 Å². The van der Waals surface area contributed by atoms with Gasteiger partial charge >= 0.3 is 0 Å². The molecule has 1 aromatic heterocycles. The Labute approximate surface area is 200 Å². The molecule has 1 aliphatic rings. The maximum Gasteiger partial charge on any atom is 0.262 e. The number of halogens is 1. The summed E-state index contributed by atoms with van der Waals surface area (Å²) < 4.78 is 55.4. The molecule has 0 bridgehead atoms. The van der Waals surface area contributed by atoms with E-state index in [-0.39, 0.29) is 27.5 Å². The van der Waals surface area contributed by atoms with Crippen molar-refractivity contribution in [3.8, 4) is 17.2 Å². The van der Waals surface area contributed by atoms with E-state index in [1.807, 2.05) is 0 Å². The van der Waals surface area contributed by atoms with E-state index in [2.05, 4.69) is 15.0 Å². The number of aromatic nitrogens is 2. The third-order valence-electron chi connectivity index (χ3n) is 5.23. The van der Waals surface area contributed by atoms with Gasteiger partial charge in [0, 0.05) is 24.1 Å². The van der Waals surface area contributed by atoms with Gasteiger partial charge in [-0.1, -0.05) is 12.1 Å². The van der Waals surface area contributed by atoms with Crippen molar-refractivity contribution in [2.75, 3.05) is 23.3 Å². The van der Waals surface area contributed by atoms with Crippen molar-refractivity contribution >= 4 is 27.3 Å². The molecule has 0 fully saturated rings. The number of para-hydroxylation sites is 1. The zero-order chi connectivity index (χ0) is 24.4. The highest BCUT2D eigenvalue weighted by molar-refractivity contribution is 7.92. The molecule has 1 aliphatic heterocycles. The van der Waals surface area contributed by atoms with Crippen molar-refractivity contribution in [3.05, 3.63) is 90.8 Å². The van der Waals surface area contributed by atoms with Crippen LogP contribution in [0.25, 0.3) is 5.69 Å². The number of anilines is 2. The average molecular weight is 495 g/mol. The number of nitrogens with zero attached hydrogens (tertiary/aromatic N) is 2. The molecule has 35 heavy (non-hydrogen) atoms.